The van der Waals surface area contributed by atoms with Gasteiger partial charge in [0.25, 0.3) is 5.91 Å². The monoisotopic (exact) mass is 435 g/mol. The van der Waals surface area contributed by atoms with Gasteiger partial charge in [-0.3, -0.25) is 9.59 Å². The van der Waals surface area contributed by atoms with Crippen molar-refractivity contribution in [2.24, 2.45) is 0 Å². The number of halogens is 2. The van der Waals surface area contributed by atoms with Gasteiger partial charge in [0.2, 0.25) is 0 Å². The van der Waals surface area contributed by atoms with Crippen molar-refractivity contribution in [1.82, 2.24) is 0 Å². The summed E-state index contributed by atoms with van der Waals surface area (Å²) in [4.78, 5) is 25.5. The average Bonchev–Trinajstić information content (AvgIpc) is 2.82. The minimum absolute atomic E-state index is 0.0563. The van der Waals surface area contributed by atoms with Crippen molar-refractivity contribution in [3.8, 4) is 0 Å². The molecule has 116 valence electrons. The van der Waals surface area contributed by atoms with E-state index < -0.39 is 11.8 Å². The van der Waals surface area contributed by atoms with Crippen molar-refractivity contribution >= 4 is 49.4 Å². The lowest BCUT2D eigenvalue weighted by Crippen LogP contribution is -2.31. The summed E-state index contributed by atoms with van der Waals surface area (Å²) < 4.78 is 7.35. The van der Waals surface area contributed by atoms with Crippen molar-refractivity contribution in [3.05, 3.63) is 74.9 Å². The number of benzene rings is 2. The Hall–Kier alpha value is -1.92. The number of carbonyl (C=O) groups excluding carboxylic acids is 2. The number of rotatable bonds is 4. The van der Waals surface area contributed by atoms with Gasteiger partial charge >= 0.3 is 5.91 Å². The van der Waals surface area contributed by atoms with E-state index >= 15 is 0 Å². The Morgan fingerprint density at radius 1 is 0.870 bits per heavy atom. The summed E-state index contributed by atoms with van der Waals surface area (Å²) in [6, 6.07) is 14.5. The van der Waals surface area contributed by atoms with Crippen molar-refractivity contribution < 1.29 is 14.3 Å². The van der Waals surface area contributed by atoms with Gasteiger partial charge in [-0.15, -0.1) is 0 Å². The lowest BCUT2D eigenvalue weighted by molar-refractivity contribution is -0.121. The first-order chi connectivity index (χ1) is 11.0. The summed E-state index contributed by atoms with van der Waals surface area (Å²) in [7, 11) is 0. The maximum atomic E-state index is 12.4. The molecule has 0 aliphatic carbocycles. The van der Waals surface area contributed by atoms with Crippen LogP contribution in [-0.4, -0.2) is 11.8 Å². The number of hydrogen-bond acceptors (Lipinski definition) is 3. The predicted molar refractivity (Wildman–Crippen MR) is 93.6 cm³/mol. The first kappa shape index (κ1) is 16.0. The van der Waals surface area contributed by atoms with Crippen molar-refractivity contribution in [1.29, 1.82) is 0 Å². The Bertz CT molecular complexity index is 782. The molecule has 23 heavy (non-hydrogen) atoms. The molecule has 2 amide bonds. The van der Waals surface area contributed by atoms with Gasteiger partial charge in [0.05, 0.1) is 11.8 Å². The van der Waals surface area contributed by atoms with E-state index in [9.17, 15) is 9.59 Å². The minimum atomic E-state index is -0.450. The molecule has 4 nitrogen and oxygen atoms in total. The molecule has 0 saturated carbocycles. The van der Waals surface area contributed by atoms with Crippen LogP contribution < -0.4 is 4.90 Å². The van der Waals surface area contributed by atoms with Gasteiger partial charge in [0.15, 0.2) is 5.76 Å². The van der Waals surface area contributed by atoms with E-state index in [-0.39, 0.29) is 12.4 Å². The minimum Gasteiger partial charge on any atom is -0.483 e. The third-order valence-corrected chi connectivity index (χ3v) is 4.34. The second-order valence-corrected chi connectivity index (χ2v) is 6.71. The summed E-state index contributed by atoms with van der Waals surface area (Å²) in [5.74, 6) is -0.793. The highest BCUT2D eigenvalue weighted by atomic mass is 79.9. The van der Waals surface area contributed by atoms with E-state index in [4.69, 9.17) is 4.74 Å². The van der Waals surface area contributed by atoms with E-state index in [0.29, 0.717) is 5.69 Å². The molecule has 0 radical (unpaired) electrons. The number of ether oxygens (including phenoxy) is 1. The number of anilines is 1. The number of amides is 2. The van der Waals surface area contributed by atoms with Crippen LogP contribution in [0, 0.1) is 0 Å². The zero-order chi connectivity index (χ0) is 16.4. The maximum absolute atomic E-state index is 12.4. The van der Waals surface area contributed by atoms with E-state index in [1.165, 1.54) is 6.08 Å². The van der Waals surface area contributed by atoms with Crippen molar-refractivity contribution in [2.45, 2.75) is 6.61 Å². The number of nitrogens with zero attached hydrogens (tertiary/aromatic N) is 1. The molecule has 0 spiro atoms. The summed E-state index contributed by atoms with van der Waals surface area (Å²) in [5, 5.41) is 0. The molecular formula is C17H11Br2NO3. The van der Waals surface area contributed by atoms with Gasteiger partial charge in [-0.25, -0.2) is 4.90 Å². The van der Waals surface area contributed by atoms with Crippen LogP contribution in [0.25, 0.3) is 0 Å². The molecule has 0 N–H and O–H groups in total. The molecule has 2 aromatic carbocycles. The Morgan fingerprint density at radius 3 is 2.04 bits per heavy atom. The normalized spacial score (nSPS) is 14.2. The van der Waals surface area contributed by atoms with Gasteiger partial charge < -0.3 is 4.74 Å². The first-order valence-corrected chi connectivity index (χ1v) is 8.36. The van der Waals surface area contributed by atoms with Crippen LogP contribution in [-0.2, 0) is 20.9 Å². The third kappa shape index (κ3) is 3.54. The number of imide groups is 1. The van der Waals surface area contributed by atoms with E-state index in [0.717, 1.165) is 19.4 Å². The summed E-state index contributed by atoms with van der Waals surface area (Å²) in [6.45, 7) is 0.228. The molecule has 0 unspecified atom stereocenters. The Balaban J connectivity index is 1.71. The van der Waals surface area contributed by atoms with E-state index in [1.54, 1.807) is 24.3 Å². The molecular weight excluding hydrogens is 426 g/mol. The fourth-order valence-electron chi connectivity index (χ4n) is 2.13. The standard InChI is InChI=1S/C17H11Br2NO3/c18-12-3-1-11(2-4-12)10-23-15-9-16(21)20(17(15)22)14-7-5-13(19)6-8-14/h1-9H,10H2. The van der Waals surface area contributed by atoms with Crippen LogP contribution in [0.5, 0.6) is 0 Å². The van der Waals surface area contributed by atoms with E-state index in [2.05, 4.69) is 31.9 Å². The van der Waals surface area contributed by atoms with Crippen molar-refractivity contribution in [2.75, 3.05) is 4.90 Å². The topological polar surface area (TPSA) is 46.6 Å². The summed E-state index contributed by atoms with van der Waals surface area (Å²) in [5.41, 5.74) is 1.43. The lowest BCUT2D eigenvalue weighted by Gasteiger charge is -2.15. The fourth-order valence-corrected chi connectivity index (χ4v) is 2.66. The number of carbonyl (C=O) groups is 2. The van der Waals surface area contributed by atoms with Gasteiger partial charge in [-0.2, -0.15) is 0 Å². The summed E-state index contributed by atoms with van der Waals surface area (Å²) >= 11 is 6.68. The second kappa shape index (κ2) is 6.68. The predicted octanol–water partition coefficient (Wildman–Crippen LogP) is 4.19. The first-order valence-electron chi connectivity index (χ1n) is 6.77. The van der Waals surface area contributed by atoms with Crippen molar-refractivity contribution in [3.63, 3.8) is 0 Å². The van der Waals surface area contributed by atoms with Crippen LogP contribution in [0.2, 0.25) is 0 Å². The molecule has 6 heteroatoms. The molecule has 3 rings (SSSR count). The Morgan fingerprint density at radius 2 is 1.43 bits per heavy atom. The summed E-state index contributed by atoms with van der Waals surface area (Å²) in [6.07, 6.45) is 1.23. The smallest absolute Gasteiger partial charge is 0.300 e. The molecule has 0 aromatic heterocycles. The number of hydrogen-bond donors (Lipinski definition) is 0. The third-order valence-electron chi connectivity index (χ3n) is 3.28. The van der Waals surface area contributed by atoms with Gasteiger partial charge in [-0.05, 0) is 42.0 Å². The quantitative estimate of drug-likeness (QED) is 0.675. The van der Waals surface area contributed by atoms with Gasteiger partial charge in [-0.1, -0.05) is 44.0 Å². The highest BCUT2D eigenvalue weighted by molar-refractivity contribution is 9.10. The second-order valence-electron chi connectivity index (χ2n) is 4.88. The fraction of sp³-hybridized carbons (Fsp3) is 0.0588. The Kier molecular flexibility index (Phi) is 4.63. The van der Waals surface area contributed by atoms with E-state index in [1.807, 2.05) is 24.3 Å². The van der Waals surface area contributed by atoms with Crippen LogP contribution in [0.1, 0.15) is 5.56 Å². The Labute approximate surface area is 150 Å². The maximum Gasteiger partial charge on any atom is 0.300 e. The molecule has 2 aromatic rings. The highest BCUT2D eigenvalue weighted by Gasteiger charge is 2.33. The SMILES string of the molecule is O=C1C=C(OCc2ccc(Br)cc2)C(=O)N1c1ccc(Br)cc1. The molecule has 0 saturated heterocycles. The van der Waals surface area contributed by atoms with Crippen LogP contribution in [0.15, 0.2) is 69.3 Å². The lowest BCUT2D eigenvalue weighted by atomic mass is 10.2. The molecule has 0 bridgehead atoms. The van der Waals surface area contributed by atoms with Crippen LogP contribution in [0.4, 0.5) is 5.69 Å². The largest absolute Gasteiger partial charge is 0.483 e. The van der Waals surface area contributed by atoms with Gasteiger partial charge in [0.1, 0.15) is 6.61 Å². The van der Waals surface area contributed by atoms with Crippen LogP contribution in [0.3, 0.4) is 0 Å². The molecule has 1 heterocycles. The van der Waals surface area contributed by atoms with Gasteiger partial charge in [0, 0.05) is 8.95 Å². The average molecular weight is 437 g/mol. The zero-order valence-corrected chi connectivity index (χ0v) is 15.0. The van der Waals surface area contributed by atoms with Crippen LogP contribution >= 0.6 is 31.9 Å². The molecule has 1 aliphatic heterocycles. The molecule has 1 aliphatic rings. The molecule has 0 atom stereocenters. The highest BCUT2D eigenvalue weighted by Crippen LogP contribution is 2.25. The zero-order valence-electron chi connectivity index (χ0n) is 11.8. The molecule has 0 fully saturated rings.